The third kappa shape index (κ3) is 3.60. The lowest BCUT2D eigenvalue weighted by molar-refractivity contribution is 0.202. The number of likely N-dealkylation sites (N-methyl/N-ethyl adjacent to an activating group) is 1. The Morgan fingerprint density at radius 2 is 2.04 bits per heavy atom. The average Bonchev–Trinajstić information content (AvgIpc) is 3.05. The molecule has 1 aromatic carbocycles. The molecule has 0 aliphatic carbocycles. The Hall–Kier alpha value is -2.56. The Bertz CT molecular complexity index is 732. The summed E-state index contributed by atoms with van der Waals surface area (Å²) in [4.78, 5) is 20.9. The van der Waals surface area contributed by atoms with Crippen LogP contribution in [0, 0.1) is 0 Å². The van der Waals surface area contributed by atoms with E-state index in [2.05, 4.69) is 41.2 Å². The number of pyridine rings is 1. The van der Waals surface area contributed by atoms with Gasteiger partial charge in [-0.1, -0.05) is 13.0 Å². The molecule has 2 aromatic rings. The van der Waals surface area contributed by atoms with Gasteiger partial charge in [0.2, 0.25) is 0 Å². The molecule has 5 heteroatoms. The quantitative estimate of drug-likeness (QED) is 0.894. The highest BCUT2D eigenvalue weighted by Gasteiger charge is 2.22. The van der Waals surface area contributed by atoms with Gasteiger partial charge in [0.15, 0.2) is 0 Å². The molecule has 1 unspecified atom stereocenters. The smallest absolute Gasteiger partial charge is 0.322 e. The SMILES string of the molecule is CCC(c1ccncc1)N(C)C(=O)Nc1ccc2c(c1)N(CC)CC2. The summed E-state index contributed by atoms with van der Waals surface area (Å²) in [6.45, 7) is 6.30. The van der Waals surface area contributed by atoms with Crippen molar-refractivity contribution in [2.75, 3.05) is 30.4 Å². The van der Waals surface area contributed by atoms with Crippen LogP contribution in [0.3, 0.4) is 0 Å². The number of carbonyl (C=O) groups is 1. The van der Waals surface area contributed by atoms with Gasteiger partial charge in [0.1, 0.15) is 0 Å². The van der Waals surface area contributed by atoms with E-state index in [1.54, 1.807) is 17.3 Å². The van der Waals surface area contributed by atoms with Crippen molar-refractivity contribution in [1.29, 1.82) is 0 Å². The summed E-state index contributed by atoms with van der Waals surface area (Å²) < 4.78 is 0. The molecule has 0 fully saturated rings. The largest absolute Gasteiger partial charge is 0.371 e. The van der Waals surface area contributed by atoms with Gasteiger partial charge in [-0.3, -0.25) is 4.98 Å². The molecule has 0 saturated heterocycles. The number of rotatable bonds is 5. The lowest BCUT2D eigenvalue weighted by Crippen LogP contribution is -2.34. The molecule has 1 aliphatic heterocycles. The summed E-state index contributed by atoms with van der Waals surface area (Å²) in [5, 5.41) is 3.05. The third-order valence-corrected chi connectivity index (χ3v) is 4.98. The fraction of sp³-hybridized carbons (Fsp3) is 0.400. The number of carbonyl (C=O) groups excluding carboxylic acids is 1. The number of benzene rings is 1. The van der Waals surface area contributed by atoms with Crippen molar-refractivity contribution in [3.63, 3.8) is 0 Å². The van der Waals surface area contributed by atoms with Crippen LogP contribution in [0.4, 0.5) is 16.2 Å². The second-order valence-electron chi connectivity index (χ2n) is 6.42. The van der Waals surface area contributed by atoms with E-state index in [1.807, 2.05) is 25.2 Å². The minimum Gasteiger partial charge on any atom is -0.371 e. The predicted octanol–water partition coefficient (Wildman–Crippen LogP) is 4.08. The highest BCUT2D eigenvalue weighted by molar-refractivity contribution is 5.90. The number of fused-ring (bicyclic) bond motifs is 1. The number of aromatic nitrogens is 1. The Morgan fingerprint density at radius 1 is 1.28 bits per heavy atom. The average molecular weight is 338 g/mol. The topological polar surface area (TPSA) is 48.5 Å². The van der Waals surface area contributed by atoms with Crippen molar-refractivity contribution >= 4 is 17.4 Å². The minimum absolute atomic E-state index is 0.0320. The van der Waals surface area contributed by atoms with Gasteiger partial charge in [-0.25, -0.2) is 4.79 Å². The first-order valence-corrected chi connectivity index (χ1v) is 8.95. The summed E-state index contributed by atoms with van der Waals surface area (Å²) in [6.07, 6.45) is 5.46. The normalized spacial score (nSPS) is 14.1. The molecule has 2 amide bonds. The standard InChI is InChI=1S/C20H26N4O/c1-4-18(16-8-11-21-12-9-16)23(3)20(25)22-17-7-6-15-10-13-24(5-2)19(15)14-17/h6-9,11-12,14,18H,4-5,10,13H2,1-3H3,(H,22,25). The zero-order valence-electron chi connectivity index (χ0n) is 15.2. The lowest BCUT2D eigenvalue weighted by atomic mass is 10.1. The maximum Gasteiger partial charge on any atom is 0.322 e. The van der Waals surface area contributed by atoms with Gasteiger partial charge >= 0.3 is 6.03 Å². The maximum absolute atomic E-state index is 12.7. The molecule has 1 N–H and O–H groups in total. The van der Waals surface area contributed by atoms with E-state index < -0.39 is 0 Å². The molecular weight excluding hydrogens is 312 g/mol. The van der Waals surface area contributed by atoms with Gasteiger partial charge in [0, 0.05) is 43.9 Å². The second kappa shape index (κ2) is 7.55. The van der Waals surface area contributed by atoms with E-state index in [0.717, 1.165) is 37.2 Å². The number of urea groups is 1. The van der Waals surface area contributed by atoms with E-state index in [9.17, 15) is 4.79 Å². The van der Waals surface area contributed by atoms with Crippen molar-refractivity contribution in [2.24, 2.45) is 0 Å². The molecule has 1 atom stereocenters. The summed E-state index contributed by atoms with van der Waals surface area (Å²) in [7, 11) is 1.84. The van der Waals surface area contributed by atoms with Gasteiger partial charge < -0.3 is 15.1 Å². The van der Waals surface area contributed by atoms with Crippen LogP contribution >= 0.6 is 0 Å². The molecule has 0 spiro atoms. The molecule has 5 nitrogen and oxygen atoms in total. The third-order valence-electron chi connectivity index (χ3n) is 4.98. The fourth-order valence-electron chi connectivity index (χ4n) is 3.52. The highest BCUT2D eigenvalue weighted by atomic mass is 16.2. The molecule has 132 valence electrons. The number of anilines is 2. The van der Waals surface area contributed by atoms with Crippen LogP contribution in [0.2, 0.25) is 0 Å². The van der Waals surface area contributed by atoms with E-state index in [0.29, 0.717) is 0 Å². The van der Waals surface area contributed by atoms with Crippen molar-refractivity contribution in [2.45, 2.75) is 32.7 Å². The first kappa shape index (κ1) is 17.3. The molecule has 1 aromatic heterocycles. The first-order chi connectivity index (χ1) is 12.1. The Labute approximate surface area is 149 Å². The van der Waals surface area contributed by atoms with E-state index in [4.69, 9.17) is 0 Å². The Morgan fingerprint density at radius 3 is 2.72 bits per heavy atom. The summed E-state index contributed by atoms with van der Waals surface area (Å²) in [6, 6.07) is 10.1. The van der Waals surface area contributed by atoms with Crippen molar-refractivity contribution < 1.29 is 4.79 Å². The maximum atomic E-state index is 12.7. The van der Waals surface area contributed by atoms with Crippen molar-refractivity contribution in [1.82, 2.24) is 9.88 Å². The molecule has 1 aliphatic rings. The van der Waals surface area contributed by atoms with Crippen LogP contribution in [-0.2, 0) is 6.42 Å². The lowest BCUT2D eigenvalue weighted by Gasteiger charge is -2.28. The van der Waals surface area contributed by atoms with Crippen LogP contribution in [-0.4, -0.2) is 36.1 Å². The second-order valence-corrected chi connectivity index (χ2v) is 6.42. The molecule has 2 heterocycles. The number of hydrogen-bond acceptors (Lipinski definition) is 3. The summed E-state index contributed by atoms with van der Waals surface area (Å²) >= 11 is 0. The Balaban J connectivity index is 1.73. The number of hydrogen-bond donors (Lipinski definition) is 1. The zero-order valence-corrected chi connectivity index (χ0v) is 15.2. The number of amides is 2. The van der Waals surface area contributed by atoms with Crippen LogP contribution in [0.25, 0.3) is 0 Å². The Kier molecular flexibility index (Phi) is 5.22. The summed E-state index contributed by atoms with van der Waals surface area (Å²) in [5.74, 6) is 0. The first-order valence-electron chi connectivity index (χ1n) is 8.95. The van der Waals surface area contributed by atoms with Gasteiger partial charge in [0.25, 0.3) is 0 Å². The minimum atomic E-state index is -0.0929. The molecule has 0 bridgehead atoms. The summed E-state index contributed by atoms with van der Waals surface area (Å²) in [5.41, 5.74) is 4.54. The van der Waals surface area contributed by atoms with Crippen LogP contribution in [0.5, 0.6) is 0 Å². The van der Waals surface area contributed by atoms with Gasteiger partial charge in [-0.15, -0.1) is 0 Å². The zero-order chi connectivity index (χ0) is 17.8. The van der Waals surface area contributed by atoms with Crippen LogP contribution < -0.4 is 10.2 Å². The van der Waals surface area contributed by atoms with Crippen LogP contribution in [0.15, 0.2) is 42.7 Å². The van der Waals surface area contributed by atoms with E-state index >= 15 is 0 Å². The van der Waals surface area contributed by atoms with Gasteiger partial charge in [0.05, 0.1) is 6.04 Å². The van der Waals surface area contributed by atoms with Crippen molar-refractivity contribution in [3.05, 3.63) is 53.9 Å². The molecular formula is C20H26N4O. The van der Waals surface area contributed by atoms with E-state index in [1.165, 1.54) is 11.3 Å². The molecule has 0 radical (unpaired) electrons. The van der Waals surface area contributed by atoms with Gasteiger partial charge in [-0.05, 0) is 55.2 Å². The highest BCUT2D eigenvalue weighted by Crippen LogP contribution is 2.31. The number of nitrogens with zero attached hydrogens (tertiary/aromatic N) is 3. The molecule has 3 rings (SSSR count). The van der Waals surface area contributed by atoms with Crippen LogP contribution in [0.1, 0.15) is 37.4 Å². The number of nitrogens with one attached hydrogen (secondary N) is 1. The molecule has 25 heavy (non-hydrogen) atoms. The van der Waals surface area contributed by atoms with E-state index in [-0.39, 0.29) is 12.1 Å². The predicted molar refractivity (Wildman–Crippen MR) is 102 cm³/mol. The van der Waals surface area contributed by atoms with Crippen molar-refractivity contribution in [3.8, 4) is 0 Å². The molecule has 0 saturated carbocycles. The monoisotopic (exact) mass is 338 g/mol. The van der Waals surface area contributed by atoms with Gasteiger partial charge in [-0.2, -0.15) is 0 Å². The fourth-order valence-corrected chi connectivity index (χ4v) is 3.52.